The lowest BCUT2D eigenvalue weighted by Crippen LogP contribution is -2.35. The van der Waals surface area contributed by atoms with Gasteiger partial charge in [0.1, 0.15) is 0 Å². The van der Waals surface area contributed by atoms with Crippen molar-refractivity contribution in [3.63, 3.8) is 0 Å². The third-order valence-corrected chi connectivity index (χ3v) is 3.35. The summed E-state index contributed by atoms with van der Waals surface area (Å²) >= 11 is 0. The van der Waals surface area contributed by atoms with Crippen LogP contribution in [0.4, 0.5) is 0 Å². The zero-order valence-electron chi connectivity index (χ0n) is 10.8. The van der Waals surface area contributed by atoms with E-state index in [2.05, 4.69) is 13.2 Å². The van der Waals surface area contributed by atoms with Gasteiger partial charge < -0.3 is 4.90 Å². The van der Waals surface area contributed by atoms with Crippen molar-refractivity contribution in [2.45, 2.75) is 39.0 Å². The van der Waals surface area contributed by atoms with Crippen LogP contribution in [0.25, 0.3) is 0 Å². The molecule has 17 heavy (non-hydrogen) atoms. The number of hydrogen-bond acceptors (Lipinski definition) is 1. The molecule has 0 aromatic rings. The second-order valence-electron chi connectivity index (χ2n) is 4.45. The first-order valence-electron chi connectivity index (χ1n) is 6.51. The Morgan fingerprint density at radius 3 is 2.41 bits per heavy atom. The van der Waals surface area contributed by atoms with E-state index in [4.69, 9.17) is 0 Å². The molecule has 2 heteroatoms. The molecule has 0 spiro atoms. The Morgan fingerprint density at radius 1 is 1.29 bits per heavy atom. The first-order valence-corrected chi connectivity index (χ1v) is 6.51. The Bertz CT molecular complexity index is 311. The summed E-state index contributed by atoms with van der Waals surface area (Å²) in [7, 11) is 0. The van der Waals surface area contributed by atoms with Crippen molar-refractivity contribution in [3.8, 4) is 0 Å². The van der Waals surface area contributed by atoms with Crippen LogP contribution in [0.3, 0.4) is 0 Å². The Balaban J connectivity index is 2.77. The van der Waals surface area contributed by atoms with Crippen LogP contribution in [0.15, 0.2) is 37.1 Å². The Morgan fingerprint density at radius 2 is 1.94 bits per heavy atom. The molecule has 0 bridgehead atoms. The van der Waals surface area contributed by atoms with E-state index in [1.807, 2.05) is 17.9 Å². The molecule has 0 atom stereocenters. The fraction of sp³-hybridized carbons (Fsp3) is 0.533. The number of likely N-dealkylation sites (N-methyl/N-ethyl adjacent to an activating group) is 1. The predicted molar refractivity (Wildman–Crippen MR) is 72.4 cm³/mol. The molecular formula is C15H23NO. The predicted octanol–water partition coefficient (Wildman–Crippen LogP) is 3.67. The lowest BCUT2D eigenvalue weighted by atomic mass is 9.88. The molecule has 0 unspecified atom stereocenters. The van der Waals surface area contributed by atoms with Crippen LogP contribution < -0.4 is 0 Å². The minimum atomic E-state index is 0.205. The van der Waals surface area contributed by atoms with Crippen molar-refractivity contribution in [1.82, 2.24) is 4.90 Å². The van der Waals surface area contributed by atoms with Gasteiger partial charge in [-0.1, -0.05) is 38.5 Å². The molecule has 0 aromatic heterocycles. The second kappa shape index (κ2) is 7.10. The average molecular weight is 233 g/mol. The van der Waals surface area contributed by atoms with Gasteiger partial charge in [-0.15, -0.1) is 0 Å². The first kappa shape index (κ1) is 13.8. The van der Waals surface area contributed by atoms with Crippen LogP contribution in [0.5, 0.6) is 0 Å². The van der Waals surface area contributed by atoms with Gasteiger partial charge in [0.25, 0.3) is 0 Å². The third-order valence-electron chi connectivity index (χ3n) is 3.35. The maximum absolute atomic E-state index is 12.4. The quantitative estimate of drug-likeness (QED) is 0.663. The number of hydrogen-bond donors (Lipinski definition) is 0. The normalized spacial score (nSPS) is 17.6. The molecule has 1 amide bonds. The second-order valence-corrected chi connectivity index (χ2v) is 4.45. The summed E-state index contributed by atoms with van der Waals surface area (Å²) in [6, 6.07) is 0. The lowest BCUT2D eigenvalue weighted by molar-refractivity contribution is -0.134. The number of carbonyl (C=O) groups is 1. The zero-order chi connectivity index (χ0) is 12.7. The molecule has 94 valence electrons. The van der Waals surface area contributed by atoms with E-state index in [9.17, 15) is 4.79 Å². The maximum Gasteiger partial charge on any atom is 0.230 e. The van der Waals surface area contributed by atoms with E-state index in [0.717, 1.165) is 18.5 Å². The van der Waals surface area contributed by atoms with Crippen LogP contribution in [0.1, 0.15) is 39.0 Å². The molecule has 1 fully saturated rings. The minimum absolute atomic E-state index is 0.205. The molecule has 0 saturated heterocycles. The van der Waals surface area contributed by atoms with Gasteiger partial charge in [0, 0.05) is 18.2 Å². The molecule has 0 aliphatic heterocycles. The van der Waals surface area contributed by atoms with Crippen LogP contribution in [-0.2, 0) is 4.79 Å². The van der Waals surface area contributed by atoms with Crippen molar-refractivity contribution in [1.29, 1.82) is 0 Å². The van der Waals surface area contributed by atoms with Gasteiger partial charge in [0.05, 0.1) is 0 Å². The average Bonchev–Trinajstić information content (AvgIpc) is 2.39. The number of amides is 1. The number of rotatable bonds is 5. The molecule has 2 nitrogen and oxygen atoms in total. The summed E-state index contributed by atoms with van der Waals surface area (Å²) < 4.78 is 0. The van der Waals surface area contributed by atoms with Crippen LogP contribution in [0.2, 0.25) is 0 Å². The highest BCUT2D eigenvalue weighted by atomic mass is 16.2. The summed E-state index contributed by atoms with van der Waals surface area (Å²) in [6.45, 7) is 10.1. The first-order chi connectivity index (χ1) is 8.24. The van der Waals surface area contributed by atoms with E-state index in [0.29, 0.717) is 6.54 Å². The van der Waals surface area contributed by atoms with Crippen LogP contribution in [-0.4, -0.2) is 17.4 Å². The number of nitrogens with zero attached hydrogens (tertiary/aromatic N) is 1. The topological polar surface area (TPSA) is 20.3 Å². The maximum atomic E-state index is 12.4. The summed E-state index contributed by atoms with van der Waals surface area (Å²) in [5, 5.41) is 0. The van der Waals surface area contributed by atoms with Crippen LogP contribution in [0, 0.1) is 5.92 Å². The molecule has 0 radical (unpaired) electrons. The van der Waals surface area contributed by atoms with E-state index < -0.39 is 0 Å². The van der Waals surface area contributed by atoms with Gasteiger partial charge in [-0.05, 0) is 31.9 Å². The molecule has 1 rings (SSSR count). The number of carbonyl (C=O) groups excluding carboxylic acids is 1. The number of allylic oxidation sites excluding steroid dienone is 3. The summed E-state index contributed by atoms with van der Waals surface area (Å²) in [6.07, 6.45) is 11.0. The van der Waals surface area contributed by atoms with Crippen molar-refractivity contribution in [2.75, 3.05) is 6.54 Å². The third kappa shape index (κ3) is 3.58. The highest BCUT2D eigenvalue weighted by Crippen LogP contribution is 2.26. The lowest BCUT2D eigenvalue weighted by Gasteiger charge is -2.29. The zero-order valence-corrected chi connectivity index (χ0v) is 10.8. The Kier molecular flexibility index (Phi) is 5.75. The molecule has 1 aliphatic carbocycles. The van der Waals surface area contributed by atoms with Crippen molar-refractivity contribution in [3.05, 3.63) is 37.1 Å². The largest absolute Gasteiger partial charge is 0.312 e. The SMILES string of the molecule is C=C/C=C(\C=C)N(CC)C(=O)C1CCCCC1. The van der Waals surface area contributed by atoms with Gasteiger partial charge in [-0.3, -0.25) is 4.79 Å². The van der Waals surface area contributed by atoms with Crippen molar-refractivity contribution in [2.24, 2.45) is 5.92 Å². The molecule has 0 N–H and O–H groups in total. The minimum Gasteiger partial charge on any atom is -0.312 e. The summed E-state index contributed by atoms with van der Waals surface area (Å²) in [5.41, 5.74) is 0.859. The van der Waals surface area contributed by atoms with Crippen molar-refractivity contribution >= 4 is 5.91 Å². The highest BCUT2D eigenvalue weighted by molar-refractivity contribution is 5.81. The Hall–Kier alpha value is -1.31. The van der Waals surface area contributed by atoms with Gasteiger partial charge in [-0.2, -0.15) is 0 Å². The van der Waals surface area contributed by atoms with Crippen molar-refractivity contribution < 1.29 is 4.79 Å². The summed E-state index contributed by atoms with van der Waals surface area (Å²) in [5.74, 6) is 0.456. The molecule has 0 heterocycles. The van der Waals surface area contributed by atoms with Gasteiger partial charge in [-0.25, -0.2) is 0 Å². The Labute approximate surface area is 105 Å². The van der Waals surface area contributed by atoms with Gasteiger partial charge in [0.2, 0.25) is 5.91 Å². The van der Waals surface area contributed by atoms with E-state index in [1.165, 1.54) is 19.3 Å². The smallest absolute Gasteiger partial charge is 0.230 e. The fourth-order valence-corrected chi connectivity index (χ4v) is 2.42. The van der Waals surface area contributed by atoms with E-state index >= 15 is 0 Å². The standard InChI is InChI=1S/C15H23NO/c1-4-10-14(5-2)16(6-3)15(17)13-11-8-7-9-12-13/h4-5,10,13H,1-2,6-9,11-12H2,3H3/b14-10+. The van der Waals surface area contributed by atoms with Gasteiger partial charge >= 0.3 is 0 Å². The van der Waals surface area contributed by atoms with Gasteiger partial charge in [0.15, 0.2) is 0 Å². The van der Waals surface area contributed by atoms with E-state index in [-0.39, 0.29) is 11.8 Å². The molecule has 0 aromatic carbocycles. The molecule has 1 aliphatic rings. The molecular weight excluding hydrogens is 210 g/mol. The fourth-order valence-electron chi connectivity index (χ4n) is 2.42. The van der Waals surface area contributed by atoms with E-state index in [1.54, 1.807) is 12.2 Å². The summed E-state index contributed by atoms with van der Waals surface area (Å²) in [4.78, 5) is 14.2. The monoisotopic (exact) mass is 233 g/mol. The molecule has 1 saturated carbocycles. The highest BCUT2D eigenvalue weighted by Gasteiger charge is 2.25. The van der Waals surface area contributed by atoms with Crippen LogP contribution >= 0.6 is 0 Å².